The van der Waals surface area contributed by atoms with Crippen LogP contribution >= 0.6 is 11.3 Å². The fraction of sp³-hybridized carbons (Fsp3) is 0.286. The van der Waals surface area contributed by atoms with Crippen molar-refractivity contribution < 1.29 is 18.3 Å². The second-order valence-corrected chi connectivity index (χ2v) is 5.27. The Balaban J connectivity index is 2.29. The standard InChI is InChI=1S/C14H13F2NO2S/c1-3-19-14(18)11-8(2)20-13(17-11)10-6-4-9(5-7-10)12(15)16/h4-7,12H,3H2,1-2H3. The van der Waals surface area contributed by atoms with E-state index in [2.05, 4.69) is 4.98 Å². The fourth-order valence-corrected chi connectivity index (χ4v) is 2.59. The number of halogens is 2. The van der Waals surface area contributed by atoms with Gasteiger partial charge >= 0.3 is 5.97 Å². The summed E-state index contributed by atoms with van der Waals surface area (Å²) in [7, 11) is 0. The highest BCUT2D eigenvalue weighted by molar-refractivity contribution is 7.15. The molecule has 0 unspecified atom stereocenters. The van der Waals surface area contributed by atoms with Crippen molar-refractivity contribution in [1.29, 1.82) is 0 Å². The number of aryl methyl sites for hydroxylation is 1. The summed E-state index contributed by atoms with van der Waals surface area (Å²) in [4.78, 5) is 16.7. The monoisotopic (exact) mass is 297 g/mol. The molecule has 0 spiro atoms. The van der Waals surface area contributed by atoms with Gasteiger partial charge in [0, 0.05) is 16.0 Å². The average Bonchev–Trinajstić information content (AvgIpc) is 2.81. The summed E-state index contributed by atoms with van der Waals surface area (Å²) in [5, 5.41) is 0.617. The number of alkyl halides is 2. The van der Waals surface area contributed by atoms with Gasteiger partial charge < -0.3 is 4.74 Å². The first-order valence-corrected chi connectivity index (χ1v) is 6.87. The minimum Gasteiger partial charge on any atom is -0.461 e. The highest BCUT2D eigenvalue weighted by Gasteiger charge is 2.17. The molecule has 2 rings (SSSR count). The Hall–Kier alpha value is -1.82. The number of nitrogens with zero attached hydrogens (tertiary/aromatic N) is 1. The molecule has 3 nitrogen and oxygen atoms in total. The predicted molar refractivity (Wildman–Crippen MR) is 73.2 cm³/mol. The molecule has 1 aromatic carbocycles. The number of carbonyl (C=O) groups excluding carboxylic acids is 1. The number of hydrogen-bond donors (Lipinski definition) is 0. The van der Waals surface area contributed by atoms with Crippen LogP contribution in [0.3, 0.4) is 0 Å². The lowest BCUT2D eigenvalue weighted by atomic mass is 10.1. The Labute approximate surface area is 119 Å². The van der Waals surface area contributed by atoms with Gasteiger partial charge in [-0.25, -0.2) is 18.6 Å². The van der Waals surface area contributed by atoms with Crippen LogP contribution in [0.4, 0.5) is 8.78 Å². The lowest BCUT2D eigenvalue weighted by molar-refractivity contribution is 0.0519. The maximum atomic E-state index is 12.5. The van der Waals surface area contributed by atoms with E-state index in [1.54, 1.807) is 26.0 Å². The molecule has 0 aliphatic carbocycles. The van der Waals surface area contributed by atoms with E-state index in [0.29, 0.717) is 10.6 Å². The molecule has 2 aromatic rings. The van der Waals surface area contributed by atoms with Gasteiger partial charge in [-0.05, 0) is 13.8 Å². The second kappa shape index (κ2) is 6.09. The maximum Gasteiger partial charge on any atom is 0.358 e. The number of carbonyl (C=O) groups is 1. The van der Waals surface area contributed by atoms with Gasteiger partial charge in [-0.2, -0.15) is 0 Å². The molecule has 106 valence electrons. The van der Waals surface area contributed by atoms with E-state index in [9.17, 15) is 13.6 Å². The van der Waals surface area contributed by atoms with Crippen molar-refractivity contribution in [3.63, 3.8) is 0 Å². The van der Waals surface area contributed by atoms with Crippen molar-refractivity contribution >= 4 is 17.3 Å². The van der Waals surface area contributed by atoms with Gasteiger partial charge in [0.05, 0.1) is 6.61 Å². The van der Waals surface area contributed by atoms with E-state index in [0.717, 1.165) is 4.88 Å². The zero-order valence-corrected chi connectivity index (χ0v) is 11.8. The third-order valence-corrected chi connectivity index (χ3v) is 3.69. The van der Waals surface area contributed by atoms with E-state index in [4.69, 9.17) is 4.74 Å². The highest BCUT2D eigenvalue weighted by atomic mass is 32.1. The van der Waals surface area contributed by atoms with Crippen LogP contribution in [0, 0.1) is 6.92 Å². The van der Waals surface area contributed by atoms with Crippen molar-refractivity contribution in [3.05, 3.63) is 40.4 Å². The minimum atomic E-state index is -2.49. The second-order valence-electron chi connectivity index (χ2n) is 4.07. The van der Waals surface area contributed by atoms with Crippen molar-refractivity contribution in [2.75, 3.05) is 6.61 Å². The van der Waals surface area contributed by atoms with Gasteiger partial charge in [-0.3, -0.25) is 0 Å². The number of rotatable bonds is 4. The first kappa shape index (κ1) is 14.6. The van der Waals surface area contributed by atoms with Crippen LogP contribution in [-0.2, 0) is 4.74 Å². The van der Waals surface area contributed by atoms with E-state index in [1.807, 2.05) is 0 Å². The number of esters is 1. The Morgan fingerprint density at radius 3 is 2.55 bits per heavy atom. The lowest BCUT2D eigenvalue weighted by Crippen LogP contribution is -2.06. The van der Waals surface area contributed by atoms with Crippen LogP contribution in [0.15, 0.2) is 24.3 Å². The molecule has 0 bridgehead atoms. The first-order chi connectivity index (χ1) is 9.52. The zero-order valence-electron chi connectivity index (χ0n) is 11.0. The minimum absolute atomic E-state index is 0.0346. The summed E-state index contributed by atoms with van der Waals surface area (Å²) in [6.45, 7) is 3.79. The Bertz CT molecular complexity index is 608. The predicted octanol–water partition coefficient (Wildman–Crippen LogP) is 4.23. The molecular formula is C14H13F2NO2S. The molecule has 0 saturated carbocycles. The van der Waals surface area contributed by atoms with Crippen molar-refractivity contribution in [2.45, 2.75) is 20.3 Å². The van der Waals surface area contributed by atoms with Crippen LogP contribution in [-0.4, -0.2) is 17.6 Å². The summed E-state index contributed by atoms with van der Waals surface area (Å²) in [5.74, 6) is -0.461. The molecule has 0 radical (unpaired) electrons. The smallest absolute Gasteiger partial charge is 0.358 e. The molecule has 1 heterocycles. The number of benzene rings is 1. The highest BCUT2D eigenvalue weighted by Crippen LogP contribution is 2.29. The van der Waals surface area contributed by atoms with Crippen LogP contribution < -0.4 is 0 Å². The number of hydrogen-bond acceptors (Lipinski definition) is 4. The zero-order chi connectivity index (χ0) is 14.7. The van der Waals surface area contributed by atoms with Crippen LogP contribution in [0.1, 0.15) is 34.3 Å². The first-order valence-electron chi connectivity index (χ1n) is 6.06. The van der Waals surface area contributed by atoms with Crippen LogP contribution in [0.25, 0.3) is 10.6 Å². The summed E-state index contributed by atoms with van der Waals surface area (Å²) in [5.41, 5.74) is 0.954. The van der Waals surface area contributed by atoms with Crippen molar-refractivity contribution in [3.8, 4) is 10.6 Å². The summed E-state index contributed by atoms with van der Waals surface area (Å²) >= 11 is 1.34. The van der Waals surface area contributed by atoms with E-state index in [1.165, 1.54) is 23.5 Å². The Morgan fingerprint density at radius 1 is 1.35 bits per heavy atom. The molecule has 0 atom stereocenters. The SMILES string of the molecule is CCOC(=O)c1nc(-c2ccc(C(F)F)cc2)sc1C. The third kappa shape index (κ3) is 3.01. The topological polar surface area (TPSA) is 39.2 Å². The number of aromatic nitrogens is 1. The maximum absolute atomic E-state index is 12.5. The third-order valence-electron chi connectivity index (χ3n) is 2.67. The molecular weight excluding hydrogens is 284 g/mol. The van der Waals surface area contributed by atoms with Crippen molar-refractivity contribution in [1.82, 2.24) is 4.98 Å². The molecule has 0 N–H and O–H groups in total. The normalized spacial score (nSPS) is 10.8. The van der Waals surface area contributed by atoms with Gasteiger partial charge in [0.15, 0.2) is 5.69 Å². The van der Waals surface area contributed by atoms with E-state index < -0.39 is 12.4 Å². The molecule has 0 saturated heterocycles. The number of ether oxygens (including phenoxy) is 1. The molecule has 1 aromatic heterocycles. The fourth-order valence-electron chi connectivity index (χ4n) is 1.68. The molecule has 6 heteroatoms. The molecule has 0 aliphatic rings. The van der Waals surface area contributed by atoms with E-state index >= 15 is 0 Å². The molecule has 0 amide bonds. The Morgan fingerprint density at radius 2 is 2.00 bits per heavy atom. The van der Waals surface area contributed by atoms with Crippen LogP contribution in [0.2, 0.25) is 0 Å². The van der Waals surface area contributed by atoms with Gasteiger partial charge in [-0.1, -0.05) is 24.3 Å². The number of thiazole rings is 1. The molecule has 20 heavy (non-hydrogen) atoms. The van der Waals surface area contributed by atoms with Gasteiger partial charge in [0.25, 0.3) is 6.43 Å². The van der Waals surface area contributed by atoms with E-state index in [-0.39, 0.29) is 17.9 Å². The molecule has 0 fully saturated rings. The van der Waals surface area contributed by atoms with Gasteiger partial charge in [0.1, 0.15) is 5.01 Å². The summed E-state index contributed by atoms with van der Waals surface area (Å²) < 4.78 is 29.9. The molecule has 0 aliphatic heterocycles. The Kier molecular flexibility index (Phi) is 4.44. The average molecular weight is 297 g/mol. The van der Waals surface area contributed by atoms with Crippen molar-refractivity contribution in [2.24, 2.45) is 0 Å². The lowest BCUT2D eigenvalue weighted by Gasteiger charge is -2.00. The van der Waals surface area contributed by atoms with Gasteiger partial charge in [0.2, 0.25) is 0 Å². The van der Waals surface area contributed by atoms with Gasteiger partial charge in [-0.15, -0.1) is 11.3 Å². The van der Waals surface area contributed by atoms with Crippen LogP contribution in [0.5, 0.6) is 0 Å². The quantitative estimate of drug-likeness (QED) is 0.793. The largest absolute Gasteiger partial charge is 0.461 e. The summed E-state index contributed by atoms with van der Waals surface area (Å²) in [6.07, 6.45) is -2.49. The summed E-state index contributed by atoms with van der Waals surface area (Å²) in [6, 6.07) is 5.88.